The van der Waals surface area contributed by atoms with Crippen molar-refractivity contribution < 1.29 is 0 Å². The largest absolute Gasteiger partial charge is 0.355 e. The average molecular weight is 343 g/mol. The van der Waals surface area contributed by atoms with Crippen LogP contribution in [0.3, 0.4) is 0 Å². The van der Waals surface area contributed by atoms with Gasteiger partial charge in [0.25, 0.3) is 0 Å². The summed E-state index contributed by atoms with van der Waals surface area (Å²) in [6.07, 6.45) is 4.56. The third kappa shape index (κ3) is 2.41. The second-order valence-electron chi connectivity index (χ2n) is 5.25. The molecule has 0 N–H and O–H groups in total. The molecule has 1 fully saturated rings. The molecule has 104 valence electrons. The smallest absolute Gasteiger partial charge is 0.195 e. The Kier molecular flexibility index (Phi) is 3.82. The maximum Gasteiger partial charge on any atom is 0.195 e. The van der Waals surface area contributed by atoms with Crippen molar-refractivity contribution in [1.82, 2.24) is 14.3 Å². The van der Waals surface area contributed by atoms with Crippen LogP contribution in [0.1, 0.15) is 18.5 Å². The highest BCUT2D eigenvalue weighted by Crippen LogP contribution is 2.29. The molecule has 2 aromatic rings. The number of thiazole rings is 1. The maximum absolute atomic E-state index is 4.80. The van der Waals surface area contributed by atoms with Gasteiger partial charge in [-0.1, -0.05) is 15.9 Å². The maximum atomic E-state index is 4.80. The molecule has 0 aliphatic carbocycles. The van der Waals surface area contributed by atoms with E-state index in [-0.39, 0.29) is 0 Å². The minimum absolute atomic E-state index is 0.715. The van der Waals surface area contributed by atoms with Crippen LogP contribution >= 0.6 is 27.3 Å². The Morgan fingerprint density at radius 2 is 2.16 bits per heavy atom. The number of aromatic nitrogens is 2. The van der Waals surface area contributed by atoms with Crippen molar-refractivity contribution in [1.29, 1.82) is 0 Å². The number of nitrogens with zero attached hydrogens (tertiary/aromatic N) is 4. The van der Waals surface area contributed by atoms with Gasteiger partial charge in [-0.25, -0.2) is 4.98 Å². The zero-order valence-corrected chi connectivity index (χ0v) is 13.7. The first-order chi connectivity index (χ1) is 9.20. The molecule has 0 atom stereocenters. The summed E-state index contributed by atoms with van der Waals surface area (Å²) in [6, 6.07) is 0.715. The van der Waals surface area contributed by atoms with Crippen LogP contribution in [0.2, 0.25) is 0 Å². The van der Waals surface area contributed by atoms with Gasteiger partial charge in [0.1, 0.15) is 0 Å². The van der Waals surface area contributed by atoms with Crippen LogP contribution in [-0.2, 0) is 5.33 Å². The number of hydrogen-bond donors (Lipinski definition) is 0. The summed E-state index contributed by atoms with van der Waals surface area (Å²) < 4.78 is 2.20. The first kappa shape index (κ1) is 13.4. The van der Waals surface area contributed by atoms with Gasteiger partial charge in [0.05, 0.1) is 5.69 Å². The van der Waals surface area contributed by atoms with Gasteiger partial charge in [0.15, 0.2) is 10.8 Å². The van der Waals surface area contributed by atoms with E-state index in [0.717, 1.165) is 23.4 Å². The Bertz CT molecular complexity index is 554. The van der Waals surface area contributed by atoms with Crippen LogP contribution in [0.25, 0.3) is 4.96 Å². The molecule has 0 radical (unpaired) electrons. The molecule has 1 saturated heterocycles. The number of anilines is 1. The van der Waals surface area contributed by atoms with Gasteiger partial charge < -0.3 is 9.80 Å². The van der Waals surface area contributed by atoms with Crippen LogP contribution in [-0.4, -0.2) is 47.5 Å². The van der Waals surface area contributed by atoms with Gasteiger partial charge in [-0.05, 0) is 26.9 Å². The summed E-state index contributed by atoms with van der Waals surface area (Å²) in [5.74, 6) is 1.17. The van der Waals surface area contributed by atoms with Crippen LogP contribution in [0.5, 0.6) is 0 Å². The number of fused-ring (bicyclic) bond motifs is 1. The fourth-order valence-corrected chi connectivity index (χ4v) is 4.04. The van der Waals surface area contributed by atoms with Crippen LogP contribution in [0.15, 0.2) is 11.6 Å². The van der Waals surface area contributed by atoms with Crippen molar-refractivity contribution in [3.63, 3.8) is 0 Å². The number of alkyl halides is 1. The summed E-state index contributed by atoms with van der Waals surface area (Å²) in [6.45, 7) is 2.21. The molecule has 3 rings (SSSR count). The van der Waals surface area contributed by atoms with E-state index in [4.69, 9.17) is 4.98 Å². The summed E-state index contributed by atoms with van der Waals surface area (Å²) in [5.41, 5.74) is 1.28. The van der Waals surface area contributed by atoms with Crippen LogP contribution < -0.4 is 4.90 Å². The predicted molar refractivity (Wildman–Crippen MR) is 84.6 cm³/mol. The molecule has 1 aliphatic rings. The second-order valence-corrected chi connectivity index (χ2v) is 6.69. The van der Waals surface area contributed by atoms with Gasteiger partial charge in [-0.15, -0.1) is 11.3 Å². The van der Waals surface area contributed by atoms with Gasteiger partial charge in [0.2, 0.25) is 0 Å². The molecule has 6 heteroatoms. The molecule has 4 nitrogen and oxygen atoms in total. The highest BCUT2D eigenvalue weighted by molar-refractivity contribution is 9.08. The first-order valence-corrected chi connectivity index (χ1v) is 8.62. The molecule has 19 heavy (non-hydrogen) atoms. The van der Waals surface area contributed by atoms with Gasteiger partial charge in [0, 0.05) is 36.0 Å². The lowest BCUT2D eigenvalue weighted by molar-refractivity contribution is 0.249. The Hall–Kier alpha value is -0.590. The molecular formula is C13H19BrN4S. The van der Waals surface area contributed by atoms with E-state index in [9.17, 15) is 0 Å². The van der Waals surface area contributed by atoms with E-state index in [1.54, 1.807) is 11.3 Å². The van der Waals surface area contributed by atoms with E-state index < -0.39 is 0 Å². The fourth-order valence-electron chi connectivity index (χ4n) is 2.79. The molecule has 0 amide bonds. The summed E-state index contributed by atoms with van der Waals surface area (Å²) in [4.78, 5) is 10.7. The standard InChI is InChI=1S/C13H19BrN4S/c1-16(2)10-3-5-17(6-4-10)12-11(9-14)18-7-8-19-13(18)15-12/h7-8,10H,3-6,9H2,1-2H3. The number of halogens is 1. The minimum Gasteiger partial charge on any atom is -0.355 e. The molecule has 0 aromatic carbocycles. The highest BCUT2D eigenvalue weighted by atomic mass is 79.9. The van der Waals surface area contributed by atoms with E-state index in [1.807, 2.05) is 0 Å². The number of rotatable bonds is 3. The van der Waals surface area contributed by atoms with Crippen molar-refractivity contribution in [3.05, 3.63) is 17.3 Å². The lowest BCUT2D eigenvalue weighted by Gasteiger charge is -2.35. The Morgan fingerprint density at radius 1 is 1.42 bits per heavy atom. The SMILES string of the molecule is CN(C)C1CCN(c2nc3sccn3c2CBr)CC1. The monoisotopic (exact) mass is 342 g/mol. The average Bonchev–Trinajstić information content (AvgIpc) is 2.98. The normalized spacial score (nSPS) is 17.8. The second kappa shape index (κ2) is 5.42. The van der Waals surface area contributed by atoms with E-state index in [0.29, 0.717) is 6.04 Å². The molecule has 3 heterocycles. The summed E-state index contributed by atoms with van der Waals surface area (Å²) in [7, 11) is 4.35. The van der Waals surface area contributed by atoms with Gasteiger partial charge in [-0.3, -0.25) is 4.40 Å². The zero-order chi connectivity index (χ0) is 13.4. The van der Waals surface area contributed by atoms with Crippen LogP contribution in [0, 0.1) is 0 Å². The molecule has 0 saturated carbocycles. The quantitative estimate of drug-likeness (QED) is 0.801. The molecule has 2 aromatic heterocycles. The fraction of sp³-hybridized carbons (Fsp3) is 0.615. The van der Waals surface area contributed by atoms with Crippen LogP contribution in [0.4, 0.5) is 5.82 Å². The van der Waals surface area contributed by atoms with E-state index in [2.05, 4.69) is 55.8 Å². The minimum atomic E-state index is 0.715. The lowest BCUT2D eigenvalue weighted by Crippen LogP contribution is -2.42. The van der Waals surface area contributed by atoms with Crippen molar-refractivity contribution in [2.45, 2.75) is 24.2 Å². The molecular weight excluding hydrogens is 324 g/mol. The number of hydrogen-bond acceptors (Lipinski definition) is 4. The molecule has 1 aliphatic heterocycles. The van der Waals surface area contributed by atoms with Gasteiger partial charge >= 0.3 is 0 Å². The Morgan fingerprint density at radius 3 is 2.79 bits per heavy atom. The highest BCUT2D eigenvalue weighted by Gasteiger charge is 2.24. The van der Waals surface area contributed by atoms with E-state index in [1.165, 1.54) is 24.4 Å². The first-order valence-electron chi connectivity index (χ1n) is 6.62. The van der Waals surface area contributed by atoms with Crippen molar-refractivity contribution in [3.8, 4) is 0 Å². The number of imidazole rings is 1. The third-order valence-electron chi connectivity index (χ3n) is 3.96. The molecule has 0 unspecified atom stereocenters. The molecule has 0 bridgehead atoms. The zero-order valence-electron chi connectivity index (χ0n) is 11.3. The third-order valence-corrected chi connectivity index (χ3v) is 5.25. The summed E-state index contributed by atoms with van der Waals surface area (Å²) in [5, 5.41) is 2.95. The Labute approximate surface area is 126 Å². The summed E-state index contributed by atoms with van der Waals surface area (Å²) >= 11 is 5.31. The van der Waals surface area contributed by atoms with Gasteiger partial charge in [-0.2, -0.15) is 0 Å². The topological polar surface area (TPSA) is 23.8 Å². The molecule has 0 spiro atoms. The van der Waals surface area contributed by atoms with E-state index >= 15 is 0 Å². The lowest BCUT2D eigenvalue weighted by atomic mass is 10.0. The van der Waals surface area contributed by atoms with Crippen molar-refractivity contribution in [2.75, 3.05) is 32.1 Å². The number of piperidine rings is 1. The van der Waals surface area contributed by atoms with Crippen molar-refractivity contribution in [2.24, 2.45) is 0 Å². The predicted octanol–water partition coefficient (Wildman–Crippen LogP) is 2.82. The Balaban J connectivity index is 1.83. The van der Waals surface area contributed by atoms with Crippen molar-refractivity contribution >= 4 is 38.0 Å².